The van der Waals surface area contributed by atoms with Gasteiger partial charge in [-0.1, -0.05) is 0 Å². The van der Waals surface area contributed by atoms with Crippen LogP contribution in [0.4, 0.5) is 11.5 Å². The second-order valence-electron chi connectivity index (χ2n) is 1.71. The van der Waals surface area contributed by atoms with Crippen molar-refractivity contribution in [3.63, 3.8) is 0 Å². The molecular formula is C5H7BrN4. The van der Waals surface area contributed by atoms with Crippen LogP contribution >= 0.6 is 15.9 Å². The van der Waals surface area contributed by atoms with Gasteiger partial charge in [-0.05, 0) is 28.1 Å². The Balaban J connectivity index is 3.07. The molecule has 5 N–H and O–H groups in total. The molecule has 54 valence electrons. The monoisotopic (exact) mass is 202 g/mol. The second kappa shape index (κ2) is 2.85. The van der Waals surface area contributed by atoms with E-state index in [9.17, 15) is 0 Å². The number of anilines is 2. The molecule has 0 aromatic carbocycles. The van der Waals surface area contributed by atoms with Crippen LogP contribution in [0.15, 0.2) is 16.7 Å². The van der Waals surface area contributed by atoms with Crippen LogP contribution in [0, 0.1) is 0 Å². The van der Waals surface area contributed by atoms with Gasteiger partial charge in [0.05, 0.1) is 5.69 Å². The number of nitrogen functional groups attached to an aromatic ring is 2. The lowest BCUT2D eigenvalue weighted by Gasteiger charge is -2.01. The zero-order chi connectivity index (χ0) is 7.56. The molecule has 0 atom stereocenters. The van der Waals surface area contributed by atoms with Gasteiger partial charge in [0.25, 0.3) is 0 Å². The molecule has 1 rings (SSSR count). The summed E-state index contributed by atoms with van der Waals surface area (Å²) >= 11 is 3.17. The molecule has 1 aromatic heterocycles. The first-order valence-corrected chi connectivity index (χ1v) is 3.42. The smallest absolute Gasteiger partial charge is 0.149 e. The van der Waals surface area contributed by atoms with Crippen LogP contribution in [0.25, 0.3) is 0 Å². The molecule has 0 amide bonds. The first-order chi connectivity index (χ1) is 4.74. The van der Waals surface area contributed by atoms with Gasteiger partial charge in [-0.2, -0.15) is 0 Å². The highest BCUT2D eigenvalue weighted by Crippen LogP contribution is 2.16. The third kappa shape index (κ3) is 1.37. The molecule has 0 aliphatic carbocycles. The fourth-order valence-corrected chi connectivity index (χ4v) is 0.895. The van der Waals surface area contributed by atoms with Crippen molar-refractivity contribution in [3.05, 3.63) is 16.7 Å². The number of hydrogen-bond acceptors (Lipinski definition) is 4. The Kier molecular flexibility index (Phi) is 2.08. The number of nitrogens with one attached hydrogen (secondary N) is 1. The van der Waals surface area contributed by atoms with Gasteiger partial charge in [0.15, 0.2) is 0 Å². The average Bonchev–Trinajstić information content (AvgIpc) is 1.88. The summed E-state index contributed by atoms with van der Waals surface area (Å²) in [5.74, 6) is 5.50. The number of aromatic nitrogens is 1. The summed E-state index contributed by atoms with van der Waals surface area (Å²) in [4.78, 5) is 3.90. The Hall–Kier alpha value is -0.810. The van der Waals surface area contributed by atoms with E-state index in [-0.39, 0.29) is 0 Å². The number of nitrogens with two attached hydrogens (primary N) is 2. The van der Waals surface area contributed by atoms with Crippen molar-refractivity contribution in [1.82, 2.24) is 4.98 Å². The van der Waals surface area contributed by atoms with Gasteiger partial charge < -0.3 is 11.2 Å². The summed E-state index contributed by atoms with van der Waals surface area (Å²) < 4.78 is 0.698. The normalized spacial score (nSPS) is 9.40. The number of nitrogens with zero attached hydrogens (tertiary/aromatic N) is 1. The predicted molar refractivity (Wildman–Crippen MR) is 44.2 cm³/mol. The van der Waals surface area contributed by atoms with E-state index in [1.165, 1.54) is 0 Å². The number of hydrogen-bond donors (Lipinski definition) is 3. The molecule has 10 heavy (non-hydrogen) atoms. The Bertz CT molecular complexity index is 237. The molecule has 0 aliphatic heterocycles. The SMILES string of the molecule is NNc1ccc(Br)nc1N. The van der Waals surface area contributed by atoms with Gasteiger partial charge in [-0.15, -0.1) is 0 Å². The lowest BCUT2D eigenvalue weighted by Crippen LogP contribution is -2.09. The molecule has 0 saturated carbocycles. The molecule has 0 fully saturated rings. The van der Waals surface area contributed by atoms with Gasteiger partial charge >= 0.3 is 0 Å². The van der Waals surface area contributed by atoms with Crippen LogP contribution in [0.1, 0.15) is 0 Å². The van der Waals surface area contributed by atoms with E-state index in [0.717, 1.165) is 0 Å². The van der Waals surface area contributed by atoms with E-state index >= 15 is 0 Å². The van der Waals surface area contributed by atoms with Crippen LogP contribution in [-0.2, 0) is 0 Å². The Morgan fingerprint density at radius 3 is 2.70 bits per heavy atom. The highest BCUT2D eigenvalue weighted by atomic mass is 79.9. The van der Waals surface area contributed by atoms with Crippen molar-refractivity contribution in [2.24, 2.45) is 5.84 Å². The van der Waals surface area contributed by atoms with Gasteiger partial charge in [-0.25, -0.2) is 4.98 Å². The summed E-state index contributed by atoms with van der Waals surface area (Å²) in [5.41, 5.74) is 8.49. The molecule has 5 heteroatoms. The highest BCUT2D eigenvalue weighted by Gasteiger charge is 1.96. The third-order valence-electron chi connectivity index (χ3n) is 1.05. The minimum absolute atomic E-state index is 0.386. The highest BCUT2D eigenvalue weighted by molar-refractivity contribution is 9.10. The van der Waals surface area contributed by atoms with Crippen molar-refractivity contribution in [2.75, 3.05) is 11.2 Å². The van der Waals surface area contributed by atoms with E-state index < -0.39 is 0 Å². The molecule has 0 saturated heterocycles. The summed E-state index contributed by atoms with van der Waals surface area (Å²) in [6.45, 7) is 0. The van der Waals surface area contributed by atoms with E-state index in [4.69, 9.17) is 11.6 Å². The number of pyridine rings is 1. The van der Waals surface area contributed by atoms with E-state index in [0.29, 0.717) is 16.1 Å². The first-order valence-electron chi connectivity index (χ1n) is 2.62. The lowest BCUT2D eigenvalue weighted by atomic mass is 10.4. The summed E-state index contributed by atoms with van der Waals surface area (Å²) in [6.07, 6.45) is 0. The van der Waals surface area contributed by atoms with Crippen molar-refractivity contribution in [2.45, 2.75) is 0 Å². The second-order valence-corrected chi connectivity index (χ2v) is 2.52. The van der Waals surface area contributed by atoms with Crippen LogP contribution in [0.5, 0.6) is 0 Å². The summed E-state index contributed by atoms with van der Waals surface area (Å²) in [6, 6.07) is 3.50. The predicted octanol–water partition coefficient (Wildman–Crippen LogP) is 0.712. The fourth-order valence-electron chi connectivity index (χ4n) is 0.572. The zero-order valence-electron chi connectivity index (χ0n) is 5.13. The molecule has 0 bridgehead atoms. The molecule has 0 unspecified atom stereocenters. The Morgan fingerprint density at radius 1 is 1.50 bits per heavy atom. The molecule has 0 spiro atoms. The lowest BCUT2D eigenvalue weighted by molar-refractivity contribution is 1.25. The number of hydrazine groups is 1. The minimum atomic E-state index is 0.386. The summed E-state index contributed by atoms with van der Waals surface area (Å²) in [5, 5.41) is 0. The molecule has 4 nitrogen and oxygen atoms in total. The Labute approximate surface area is 66.7 Å². The first kappa shape index (κ1) is 7.30. The average molecular weight is 203 g/mol. The van der Waals surface area contributed by atoms with Crippen molar-refractivity contribution < 1.29 is 0 Å². The quantitative estimate of drug-likeness (QED) is 0.357. The van der Waals surface area contributed by atoms with Gasteiger partial charge in [0.2, 0.25) is 0 Å². The minimum Gasteiger partial charge on any atom is -0.382 e. The maximum absolute atomic E-state index is 5.45. The van der Waals surface area contributed by atoms with Crippen LogP contribution in [0.2, 0.25) is 0 Å². The molecule has 1 aromatic rings. The molecule has 0 aliphatic rings. The number of halogens is 1. The van der Waals surface area contributed by atoms with Crippen molar-refractivity contribution >= 4 is 27.4 Å². The van der Waals surface area contributed by atoms with Crippen LogP contribution in [-0.4, -0.2) is 4.98 Å². The molecule has 0 radical (unpaired) electrons. The zero-order valence-corrected chi connectivity index (χ0v) is 6.72. The molecular weight excluding hydrogens is 196 g/mol. The van der Waals surface area contributed by atoms with Gasteiger partial charge in [0, 0.05) is 0 Å². The fraction of sp³-hybridized carbons (Fsp3) is 0. The maximum Gasteiger partial charge on any atom is 0.149 e. The van der Waals surface area contributed by atoms with Crippen LogP contribution < -0.4 is 17.0 Å². The largest absolute Gasteiger partial charge is 0.382 e. The van der Waals surface area contributed by atoms with E-state index in [1.807, 2.05) is 0 Å². The van der Waals surface area contributed by atoms with E-state index in [1.54, 1.807) is 12.1 Å². The van der Waals surface area contributed by atoms with E-state index in [2.05, 4.69) is 26.3 Å². The van der Waals surface area contributed by atoms with Crippen molar-refractivity contribution in [3.8, 4) is 0 Å². The number of rotatable bonds is 1. The van der Waals surface area contributed by atoms with Gasteiger partial charge in [0.1, 0.15) is 10.4 Å². The topological polar surface area (TPSA) is 77.0 Å². The standard InChI is InChI=1S/C5H7BrN4/c6-4-2-1-3(10-8)5(7)9-4/h1-2,10H,8H2,(H2,7,9). The molecule has 1 heterocycles. The van der Waals surface area contributed by atoms with Crippen LogP contribution in [0.3, 0.4) is 0 Å². The third-order valence-corrected chi connectivity index (χ3v) is 1.49. The Morgan fingerprint density at radius 2 is 2.20 bits per heavy atom. The van der Waals surface area contributed by atoms with Crippen molar-refractivity contribution in [1.29, 1.82) is 0 Å². The maximum atomic E-state index is 5.45. The van der Waals surface area contributed by atoms with Gasteiger partial charge in [-0.3, -0.25) is 5.84 Å². The summed E-state index contributed by atoms with van der Waals surface area (Å²) in [7, 11) is 0.